The van der Waals surface area contributed by atoms with Crippen molar-refractivity contribution in [3.63, 3.8) is 0 Å². The molecule has 0 radical (unpaired) electrons. The topological polar surface area (TPSA) is 71.3 Å². The van der Waals surface area contributed by atoms with Crippen LogP contribution in [0, 0.1) is 5.92 Å². The summed E-state index contributed by atoms with van der Waals surface area (Å²) in [5.74, 6) is 1.78. The molecule has 0 bridgehead atoms. The summed E-state index contributed by atoms with van der Waals surface area (Å²) in [7, 11) is 2.14. The Morgan fingerprint density at radius 2 is 1.82 bits per heavy atom. The number of rotatable bonds is 6. The Balaban J connectivity index is 1.52. The molecule has 8 nitrogen and oxygen atoms in total. The Morgan fingerprint density at radius 3 is 2.58 bits per heavy atom. The lowest BCUT2D eigenvalue weighted by molar-refractivity contribution is 0.122. The zero-order valence-corrected chi connectivity index (χ0v) is 18.8. The minimum Gasteiger partial charge on any atom is -0.378 e. The van der Waals surface area contributed by atoms with Crippen molar-refractivity contribution in [2.45, 2.75) is 19.3 Å². The maximum Gasteiger partial charge on any atom is 0.296 e. The molecule has 1 aromatic carbocycles. The van der Waals surface area contributed by atoms with Gasteiger partial charge in [-0.3, -0.25) is 4.57 Å². The van der Waals surface area contributed by atoms with Gasteiger partial charge < -0.3 is 19.9 Å². The van der Waals surface area contributed by atoms with Gasteiger partial charge in [-0.05, 0) is 51.0 Å². The number of imidazole rings is 1. The number of alkyl halides is 2. The number of halogens is 2. The van der Waals surface area contributed by atoms with Crippen LogP contribution in [0.4, 0.5) is 20.5 Å². The van der Waals surface area contributed by atoms with Crippen molar-refractivity contribution in [3.8, 4) is 5.82 Å². The van der Waals surface area contributed by atoms with Crippen molar-refractivity contribution in [2.75, 3.05) is 63.2 Å². The van der Waals surface area contributed by atoms with Gasteiger partial charge in [0.25, 0.3) is 6.43 Å². The summed E-state index contributed by atoms with van der Waals surface area (Å²) in [6, 6.07) is 8.89. The maximum atomic E-state index is 14.0. The number of benzene rings is 1. The molecule has 2 aromatic heterocycles. The molecule has 0 atom stereocenters. The van der Waals surface area contributed by atoms with E-state index in [4.69, 9.17) is 14.7 Å². The molecule has 4 heterocycles. The molecule has 0 saturated carbocycles. The number of hydrogen-bond acceptors (Lipinski definition) is 7. The summed E-state index contributed by atoms with van der Waals surface area (Å²) in [5.41, 5.74) is 1.11. The molecule has 1 N–H and O–H groups in total. The van der Waals surface area contributed by atoms with Gasteiger partial charge in [0.1, 0.15) is 11.6 Å². The molecule has 2 aliphatic rings. The van der Waals surface area contributed by atoms with E-state index in [1.165, 1.54) is 4.57 Å². The van der Waals surface area contributed by atoms with Gasteiger partial charge in [-0.25, -0.2) is 13.8 Å². The maximum absolute atomic E-state index is 14.0. The van der Waals surface area contributed by atoms with Crippen LogP contribution in [0.1, 0.15) is 25.1 Å². The van der Waals surface area contributed by atoms with Crippen molar-refractivity contribution in [2.24, 2.45) is 5.92 Å². The summed E-state index contributed by atoms with van der Waals surface area (Å²) in [4.78, 5) is 18.0. The van der Waals surface area contributed by atoms with Gasteiger partial charge in [0.05, 0.1) is 24.2 Å². The number of fused-ring (bicyclic) bond motifs is 1. The quantitative estimate of drug-likeness (QED) is 0.609. The van der Waals surface area contributed by atoms with Gasteiger partial charge in [0.2, 0.25) is 5.95 Å². The number of aromatic nitrogens is 4. The predicted molar refractivity (Wildman–Crippen MR) is 123 cm³/mol. The first-order chi connectivity index (χ1) is 16.1. The van der Waals surface area contributed by atoms with Gasteiger partial charge in [0.15, 0.2) is 5.82 Å². The first-order valence-corrected chi connectivity index (χ1v) is 11.5. The molecule has 2 fully saturated rings. The van der Waals surface area contributed by atoms with Gasteiger partial charge in [-0.15, -0.1) is 0 Å². The van der Waals surface area contributed by atoms with E-state index < -0.39 is 6.43 Å². The van der Waals surface area contributed by atoms with Crippen LogP contribution in [0.3, 0.4) is 0 Å². The van der Waals surface area contributed by atoms with Crippen molar-refractivity contribution in [3.05, 3.63) is 36.2 Å². The van der Waals surface area contributed by atoms with E-state index in [0.717, 1.165) is 32.5 Å². The highest BCUT2D eigenvalue weighted by atomic mass is 19.3. The zero-order chi connectivity index (χ0) is 22.8. The second kappa shape index (κ2) is 9.56. The number of ether oxygens (including phenoxy) is 1. The highest BCUT2D eigenvalue weighted by molar-refractivity contribution is 5.78. The van der Waals surface area contributed by atoms with Crippen molar-refractivity contribution >= 4 is 22.8 Å². The number of piperidine rings is 1. The van der Waals surface area contributed by atoms with E-state index in [2.05, 4.69) is 22.2 Å². The molecule has 0 unspecified atom stereocenters. The second-order valence-electron chi connectivity index (χ2n) is 8.73. The van der Waals surface area contributed by atoms with E-state index in [-0.39, 0.29) is 5.82 Å². The largest absolute Gasteiger partial charge is 0.378 e. The average molecular weight is 458 g/mol. The first kappa shape index (κ1) is 22.0. The zero-order valence-electron chi connectivity index (χ0n) is 18.8. The number of morpholine rings is 1. The lowest BCUT2D eigenvalue weighted by atomic mass is 9.97. The highest BCUT2D eigenvalue weighted by Gasteiger charge is 2.24. The summed E-state index contributed by atoms with van der Waals surface area (Å²) in [6.45, 7) is 5.44. The van der Waals surface area contributed by atoms with E-state index in [9.17, 15) is 8.78 Å². The fourth-order valence-electron chi connectivity index (χ4n) is 4.48. The third kappa shape index (κ3) is 4.77. The Labute approximate surface area is 191 Å². The van der Waals surface area contributed by atoms with Crippen LogP contribution in [-0.4, -0.2) is 77.4 Å². The predicted octanol–water partition coefficient (Wildman–Crippen LogP) is 3.34. The minimum atomic E-state index is -2.73. The third-order valence-electron chi connectivity index (χ3n) is 6.42. The van der Waals surface area contributed by atoms with Crippen LogP contribution in [0.5, 0.6) is 0 Å². The smallest absolute Gasteiger partial charge is 0.296 e. The van der Waals surface area contributed by atoms with Crippen LogP contribution >= 0.6 is 0 Å². The lowest BCUT2D eigenvalue weighted by Crippen LogP contribution is -2.37. The molecule has 0 spiro atoms. The second-order valence-corrected chi connectivity index (χ2v) is 8.73. The molecule has 0 aliphatic carbocycles. The van der Waals surface area contributed by atoms with Gasteiger partial charge in [0, 0.05) is 25.7 Å². The number of anilines is 2. The summed E-state index contributed by atoms with van der Waals surface area (Å²) in [5, 5.41) is 3.46. The number of nitrogens with one attached hydrogen (secondary N) is 1. The summed E-state index contributed by atoms with van der Waals surface area (Å²) >= 11 is 0. The molecule has 176 valence electrons. The number of hydrogen-bond donors (Lipinski definition) is 1. The van der Waals surface area contributed by atoms with Crippen molar-refractivity contribution < 1.29 is 13.5 Å². The van der Waals surface area contributed by atoms with E-state index in [1.807, 2.05) is 11.0 Å². The van der Waals surface area contributed by atoms with Gasteiger partial charge in [-0.2, -0.15) is 9.97 Å². The Kier molecular flexibility index (Phi) is 6.37. The van der Waals surface area contributed by atoms with Crippen molar-refractivity contribution in [1.82, 2.24) is 24.4 Å². The molecule has 33 heavy (non-hydrogen) atoms. The highest BCUT2D eigenvalue weighted by Crippen LogP contribution is 2.29. The monoisotopic (exact) mass is 457 g/mol. The van der Waals surface area contributed by atoms with Gasteiger partial charge in [-0.1, -0.05) is 12.1 Å². The molecule has 0 amide bonds. The molecule has 5 rings (SSSR count). The van der Waals surface area contributed by atoms with E-state index in [1.54, 1.807) is 24.3 Å². The Morgan fingerprint density at radius 1 is 1.06 bits per heavy atom. The standard InChI is InChI=1S/C23H29F2N7O/c1-30-8-6-16(7-9-30)15-26-19-14-20(29-23(28-19)31-10-12-33-13-11-31)32-18-5-3-2-4-17(18)27-22(32)21(24)25/h2-5,14,16,21H,6-13,15H2,1H3,(H,26,28,29). The van der Waals surface area contributed by atoms with E-state index >= 15 is 0 Å². The number of para-hydroxylation sites is 2. The molecule has 2 saturated heterocycles. The normalized spacial score (nSPS) is 18.4. The molecule has 3 aromatic rings. The van der Waals surface area contributed by atoms with Crippen LogP contribution in [0.2, 0.25) is 0 Å². The van der Waals surface area contributed by atoms with Crippen LogP contribution < -0.4 is 10.2 Å². The van der Waals surface area contributed by atoms with E-state index in [0.29, 0.717) is 60.8 Å². The molecular formula is C23H29F2N7O. The summed E-state index contributed by atoms with van der Waals surface area (Å²) in [6.07, 6.45) is -0.478. The molecule has 2 aliphatic heterocycles. The summed E-state index contributed by atoms with van der Waals surface area (Å²) < 4.78 is 34.8. The fraction of sp³-hybridized carbons (Fsp3) is 0.522. The first-order valence-electron chi connectivity index (χ1n) is 11.5. The number of nitrogens with zero attached hydrogens (tertiary/aromatic N) is 6. The Bertz CT molecular complexity index is 1090. The average Bonchev–Trinajstić information content (AvgIpc) is 3.24. The van der Waals surface area contributed by atoms with Crippen LogP contribution in [0.25, 0.3) is 16.9 Å². The fourth-order valence-corrected chi connectivity index (χ4v) is 4.48. The molecule has 10 heteroatoms. The lowest BCUT2D eigenvalue weighted by Gasteiger charge is -2.29. The van der Waals surface area contributed by atoms with Crippen molar-refractivity contribution in [1.29, 1.82) is 0 Å². The SMILES string of the molecule is CN1CCC(CNc2cc(-n3c(C(F)F)nc4ccccc43)nc(N3CCOCC3)n2)CC1. The van der Waals surface area contributed by atoms with Crippen LogP contribution in [0.15, 0.2) is 30.3 Å². The van der Waals surface area contributed by atoms with Gasteiger partial charge >= 0.3 is 0 Å². The minimum absolute atomic E-state index is 0.316. The molecular weight excluding hydrogens is 428 g/mol. The third-order valence-corrected chi connectivity index (χ3v) is 6.42. The Hall–Kier alpha value is -2.85. The number of likely N-dealkylation sites (tertiary alicyclic amines) is 1. The van der Waals surface area contributed by atoms with Crippen LogP contribution in [-0.2, 0) is 4.74 Å².